The third kappa shape index (κ3) is 5.39. The molecule has 0 aliphatic carbocycles. The molecule has 5 nitrogen and oxygen atoms in total. The summed E-state index contributed by atoms with van der Waals surface area (Å²) >= 11 is 6.08. The van der Waals surface area contributed by atoms with Gasteiger partial charge >= 0.3 is 5.97 Å². The van der Waals surface area contributed by atoms with E-state index in [0.29, 0.717) is 10.6 Å². The molecule has 0 unspecified atom stereocenters. The maximum Gasteiger partial charge on any atom is 0.326 e. The highest BCUT2D eigenvalue weighted by molar-refractivity contribution is 6.31. The van der Waals surface area contributed by atoms with Crippen LogP contribution < -0.4 is 10.1 Å². The largest absolute Gasteiger partial charge is 0.496 e. The minimum Gasteiger partial charge on any atom is -0.496 e. The van der Waals surface area contributed by atoms with E-state index in [4.69, 9.17) is 16.3 Å². The molecule has 3 rings (SSSR count). The first-order valence-electron chi connectivity index (χ1n) is 9.46. The second kappa shape index (κ2) is 9.94. The number of nitrogens with one attached hydrogen (secondary N) is 1. The summed E-state index contributed by atoms with van der Waals surface area (Å²) in [5, 5.41) is 12.6. The number of carboxylic acid groups (broad SMARTS) is 1. The number of carbonyl (C=O) groups is 2. The normalized spacial score (nSPS) is 11.5. The number of hydrogen-bond acceptors (Lipinski definition) is 3. The Labute approximate surface area is 180 Å². The second-order valence-corrected chi connectivity index (χ2v) is 7.24. The van der Waals surface area contributed by atoms with Crippen LogP contribution in [0.2, 0.25) is 5.02 Å². The summed E-state index contributed by atoms with van der Waals surface area (Å²) in [5.41, 5.74) is 3.38. The predicted octanol–water partition coefficient (Wildman–Crippen LogP) is 4.37. The molecule has 0 saturated heterocycles. The maximum atomic E-state index is 12.3. The lowest BCUT2D eigenvalue weighted by atomic mass is 10.00. The Morgan fingerprint density at radius 1 is 1.00 bits per heavy atom. The van der Waals surface area contributed by atoms with Crippen LogP contribution >= 0.6 is 11.6 Å². The van der Waals surface area contributed by atoms with Crippen molar-refractivity contribution in [3.05, 3.63) is 88.9 Å². The van der Waals surface area contributed by atoms with E-state index in [1.165, 1.54) is 0 Å². The number of ether oxygens (including phenoxy) is 1. The van der Waals surface area contributed by atoms with Crippen molar-refractivity contribution in [1.29, 1.82) is 0 Å². The molecule has 6 heteroatoms. The lowest BCUT2D eigenvalue weighted by Gasteiger charge is -2.15. The van der Waals surface area contributed by atoms with Crippen LogP contribution in [0.5, 0.6) is 5.75 Å². The van der Waals surface area contributed by atoms with E-state index in [1.807, 2.05) is 48.5 Å². The maximum absolute atomic E-state index is 12.3. The Morgan fingerprint density at radius 2 is 1.67 bits per heavy atom. The van der Waals surface area contributed by atoms with Crippen molar-refractivity contribution in [3.8, 4) is 16.9 Å². The first-order valence-corrected chi connectivity index (χ1v) is 9.83. The van der Waals surface area contributed by atoms with Crippen LogP contribution in [0, 0.1) is 0 Å². The van der Waals surface area contributed by atoms with E-state index < -0.39 is 12.0 Å². The second-order valence-electron chi connectivity index (χ2n) is 6.83. The summed E-state index contributed by atoms with van der Waals surface area (Å²) < 4.78 is 5.39. The van der Waals surface area contributed by atoms with Gasteiger partial charge in [0.05, 0.1) is 13.5 Å². The minimum atomic E-state index is -1.09. The van der Waals surface area contributed by atoms with Gasteiger partial charge in [-0.2, -0.15) is 0 Å². The molecule has 3 aromatic rings. The van der Waals surface area contributed by atoms with Gasteiger partial charge in [0.15, 0.2) is 0 Å². The fourth-order valence-corrected chi connectivity index (χ4v) is 3.40. The zero-order valence-corrected chi connectivity index (χ0v) is 17.2. The van der Waals surface area contributed by atoms with Crippen LogP contribution in [0.15, 0.2) is 72.8 Å². The van der Waals surface area contributed by atoms with Crippen LogP contribution in [-0.4, -0.2) is 30.1 Å². The quantitative estimate of drug-likeness (QED) is 0.564. The summed E-state index contributed by atoms with van der Waals surface area (Å²) in [6, 6.07) is 21.2. The van der Waals surface area contributed by atoms with E-state index in [1.54, 1.807) is 31.4 Å². The van der Waals surface area contributed by atoms with Crippen molar-refractivity contribution in [2.24, 2.45) is 0 Å². The number of amides is 1. The highest BCUT2D eigenvalue weighted by atomic mass is 35.5. The molecule has 0 fully saturated rings. The van der Waals surface area contributed by atoms with Gasteiger partial charge in [0.25, 0.3) is 0 Å². The number of aliphatic carboxylic acids is 1. The molecule has 3 aromatic carbocycles. The molecule has 0 spiro atoms. The Kier molecular flexibility index (Phi) is 7.09. The topological polar surface area (TPSA) is 75.6 Å². The molecular weight excluding hydrogens is 402 g/mol. The van der Waals surface area contributed by atoms with Crippen LogP contribution in [0.4, 0.5) is 0 Å². The van der Waals surface area contributed by atoms with E-state index in [-0.39, 0.29) is 18.7 Å². The molecule has 1 amide bonds. The molecule has 2 N–H and O–H groups in total. The lowest BCUT2D eigenvalue weighted by Crippen LogP contribution is -2.43. The van der Waals surface area contributed by atoms with Gasteiger partial charge in [-0.1, -0.05) is 72.3 Å². The van der Waals surface area contributed by atoms with Gasteiger partial charge in [-0.3, -0.25) is 4.79 Å². The molecule has 154 valence electrons. The van der Waals surface area contributed by atoms with Gasteiger partial charge in [0.1, 0.15) is 11.8 Å². The van der Waals surface area contributed by atoms with E-state index >= 15 is 0 Å². The number of halogens is 1. The lowest BCUT2D eigenvalue weighted by molar-refractivity contribution is -0.141. The van der Waals surface area contributed by atoms with Crippen molar-refractivity contribution in [2.75, 3.05) is 7.11 Å². The summed E-state index contributed by atoms with van der Waals surface area (Å²) in [6.45, 7) is 0. The molecule has 0 aliphatic rings. The fraction of sp³-hybridized carbons (Fsp3) is 0.167. The van der Waals surface area contributed by atoms with Gasteiger partial charge in [0, 0.05) is 17.0 Å². The predicted molar refractivity (Wildman–Crippen MR) is 117 cm³/mol. The van der Waals surface area contributed by atoms with Crippen molar-refractivity contribution in [3.63, 3.8) is 0 Å². The molecule has 0 radical (unpaired) electrons. The Hall–Kier alpha value is -3.31. The molecule has 0 bridgehead atoms. The molecule has 0 heterocycles. The van der Waals surface area contributed by atoms with Gasteiger partial charge in [-0.25, -0.2) is 4.79 Å². The van der Waals surface area contributed by atoms with Crippen molar-refractivity contribution in [2.45, 2.75) is 18.9 Å². The highest BCUT2D eigenvalue weighted by Crippen LogP contribution is 2.29. The third-order valence-corrected chi connectivity index (χ3v) is 5.12. The first kappa shape index (κ1) is 21.4. The Balaban J connectivity index is 1.68. The number of carbonyl (C=O) groups excluding carboxylic acids is 1. The average molecular weight is 424 g/mol. The number of carboxylic acids is 1. The average Bonchev–Trinajstić information content (AvgIpc) is 2.75. The summed E-state index contributed by atoms with van der Waals surface area (Å²) in [6.07, 6.45) is 0.200. The number of para-hydroxylation sites is 1. The summed E-state index contributed by atoms with van der Waals surface area (Å²) in [4.78, 5) is 24.0. The standard InChI is InChI=1S/C24H22ClNO4/c1-30-22-9-5-3-7-19(22)17-12-10-16(11-13-17)14-21(24(28)29)26-23(27)15-18-6-2-4-8-20(18)25/h2-13,21H,14-15H2,1H3,(H,26,27)(H,28,29)/t21-/m0/s1. The SMILES string of the molecule is COc1ccccc1-c1ccc(C[C@H](NC(=O)Cc2ccccc2Cl)C(=O)O)cc1. The Morgan fingerprint density at radius 3 is 2.33 bits per heavy atom. The molecule has 1 atom stereocenters. The van der Waals surface area contributed by atoms with E-state index in [2.05, 4.69) is 5.32 Å². The van der Waals surface area contributed by atoms with Crippen LogP contribution in [-0.2, 0) is 22.4 Å². The fourth-order valence-electron chi connectivity index (χ4n) is 3.20. The number of hydrogen-bond donors (Lipinski definition) is 2. The molecule has 0 aromatic heterocycles. The van der Waals surface area contributed by atoms with Crippen molar-refractivity contribution >= 4 is 23.5 Å². The molecule has 30 heavy (non-hydrogen) atoms. The molecule has 0 saturated carbocycles. The third-order valence-electron chi connectivity index (χ3n) is 4.75. The monoisotopic (exact) mass is 423 g/mol. The van der Waals surface area contributed by atoms with Crippen LogP contribution in [0.25, 0.3) is 11.1 Å². The van der Waals surface area contributed by atoms with Gasteiger partial charge in [0.2, 0.25) is 5.91 Å². The zero-order chi connectivity index (χ0) is 21.5. The number of rotatable bonds is 8. The van der Waals surface area contributed by atoms with E-state index in [9.17, 15) is 14.7 Å². The van der Waals surface area contributed by atoms with Gasteiger partial charge in [-0.15, -0.1) is 0 Å². The zero-order valence-electron chi connectivity index (χ0n) is 16.5. The van der Waals surface area contributed by atoms with Crippen LogP contribution in [0.1, 0.15) is 11.1 Å². The summed E-state index contributed by atoms with van der Waals surface area (Å²) in [7, 11) is 1.62. The van der Waals surface area contributed by atoms with Gasteiger partial charge in [-0.05, 0) is 28.8 Å². The highest BCUT2D eigenvalue weighted by Gasteiger charge is 2.21. The van der Waals surface area contributed by atoms with Gasteiger partial charge < -0.3 is 15.2 Å². The van der Waals surface area contributed by atoms with Crippen molar-refractivity contribution < 1.29 is 19.4 Å². The minimum absolute atomic E-state index is 0.0240. The molecular formula is C24H22ClNO4. The number of benzene rings is 3. The smallest absolute Gasteiger partial charge is 0.326 e. The van der Waals surface area contributed by atoms with Crippen LogP contribution in [0.3, 0.4) is 0 Å². The summed E-state index contributed by atoms with van der Waals surface area (Å²) in [5.74, 6) is -0.710. The molecule has 0 aliphatic heterocycles. The Bertz CT molecular complexity index is 1030. The first-order chi connectivity index (χ1) is 14.5. The van der Waals surface area contributed by atoms with E-state index in [0.717, 1.165) is 22.4 Å². The van der Waals surface area contributed by atoms with Crippen molar-refractivity contribution in [1.82, 2.24) is 5.32 Å². The number of methoxy groups -OCH3 is 1.